The molecule has 4 amide bonds. The minimum absolute atomic E-state index is 0.134. The summed E-state index contributed by atoms with van der Waals surface area (Å²) in [6, 6.07) is 6.18. The maximum absolute atomic E-state index is 12.4. The average Bonchev–Trinajstić information content (AvgIpc) is 2.52. The summed E-state index contributed by atoms with van der Waals surface area (Å²) in [5.74, 6) is -6.59. The van der Waals surface area contributed by atoms with E-state index in [1.807, 2.05) is 0 Å². The summed E-state index contributed by atoms with van der Waals surface area (Å²) in [5.41, 5.74) is 0.417. The Morgan fingerprint density at radius 2 is 1.08 bits per heavy atom. The van der Waals surface area contributed by atoms with E-state index in [0.29, 0.717) is 10.6 Å². The fourth-order valence-corrected chi connectivity index (χ4v) is 3.50. The van der Waals surface area contributed by atoms with Gasteiger partial charge in [-0.2, -0.15) is 0 Å². The van der Waals surface area contributed by atoms with Crippen molar-refractivity contribution in [2.75, 3.05) is 0 Å². The average molecular weight is 411 g/mol. The Kier molecular flexibility index (Phi) is 4.99. The van der Waals surface area contributed by atoms with Crippen LogP contribution in [-0.4, -0.2) is 33.9 Å². The molecule has 2 heterocycles. The van der Waals surface area contributed by atoms with Crippen LogP contribution in [0.3, 0.4) is 0 Å². The van der Waals surface area contributed by atoms with E-state index in [1.54, 1.807) is 12.1 Å². The van der Waals surface area contributed by atoms with Gasteiger partial charge >= 0.3 is 0 Å². The molecule has 1 aromatic carbocycles. The number of carbonyl (C=O) groups excluding carboxylic acids is 4. The molecule has 2 saturated heterocycles. The molecule has 0 spiro atoms. The molecule has 0 aromatic heterocycles. The van der Waals surface area contributed by atoms with E-state index < -0.39 is 41.4 Å². The molecule has 11 heteroatoms. The lowest BCUT2D eigenvalue weighted by Crippen LogP contribution is -2.62. The van der Waals surface area contributed by atoms with Crippen molar-refractivity contribution in [3.8, 4) is 0 Å². The van der Waals surface area contributed by atoms with Gasteiger partial charge < -0.3 is 21.3 Å². The molecule has 8 nitrogen and oxygen atoms in total. The Bertz CT molecular complexity index is 770. The lowest BCUT2D eigenvalue weighted by molar-refractivity contribution is -0.140. The van der Waals surface area contributed by atoms with Crippen LogP contribution in [0.5, 0.6) is 0 Å². The molecule has 4 N–H and O–H groups in total. The number of carbonyl (C=O) groups is 4. The smallest absolute Gasteiger partial charge is 0.239 e. The topological polar surface area (TPSA) is 116 Å². The molecule has 26 heavy (non-hydrogen) atoms. The Morgan fingerprint density at radius 3 is 1.42 bits per heavy atom. The first-order chi connectivity index (χ1) is 12.3. The van der Waals surface area contributed by atoms with E-state index in [9.17, 15) is 19.2 Å². The van der Waals surface area contributed by atoms with Crippen molar-refractivity contribution in [1.29, 1.82) is 0 Å². The van der Waals surface area contributed by atoms with Crippen LogP contribution in [0.4, 0.5) is 0 Å². The number of benzene rings is 1. The van der Waals surface area contributed by atoms with Crippen molar-refractivity contribution in [3.63, 3.8) is 0 Å². The van der Waals surface area contributed by atoms with Crippen LogP contribution in [0.15, 0.2) is 24.3 Å². The van der Waals surface area contributed by atoms with Crippen LogP contribution < -0.4 is 21.3 Å². The number of nitrogens with one attached hydrogen (secondary N) is 4. The molecule has 0 radical (unpaired) electrons. The minimum Gasteiger partial charge on any atom is -0.302 e. The van der Waals surface area contributed by atoms with Gasteiger partial charge in [-0.05, 0) is 42.1 Å². The number of hydrogen-bond donors (Lipinski definition) is 4. The van der Waals surface area contributed by atoms with E-state index in [1.165, 1.54) is 12.1 Å². The quantitative estimate of drug-likeness (QED) is 0.402. The zero-order chi connectivity index (χ0) is 19.0. The molecular weight excluding hydrogens is 400 g/mol. The van der Waals surface area contributed by atoms with Crippen LogP contribution in [-0.2, 0) is 19.2 Å². The zero-order valence-electron chi connectivity index (χ0n) is 12.9. The van der Waals surface area contributed by atoms with E-state index in [2.05, 4.69) is 21.3 Å². The fourth-order valence-electron chi connectivity index (χ4n) is 2.97. The van der Waals surface area contributed by atoms with E-state index in [0.717, 1.165) is 0 Å². The fraction of sp³-hybridized carbons (Fsp3) is 0.200. The maximum atomic E-state index is 12.4. The summed E-state index contributed by atoms with van der Waals surface area (Å²) >= 11 is 15.5. The lowest BCUT2D eigenvalue weighted by atomic mass is 9.74. The number of amides is 4. The predicted octanol–water partition coefficient (Wildman–Crippen LogP) is -0.282. The van der Waals surface area contributed by atoms with Crippen molar-refractivity contribution in [2.24, 2.45) is 11.8 Å². The predicted molar refractivity (Wildman–Crippen MR) is 98.9 cm³/mol. The van der Waals surface area contributed by atoms with Gasteiger partial charge in [0.2, 0.25) is 23.6 Å². The highest BCUT2D eigenvalue weighted by Crippen LogP contribution is 2.35. The first-order valence-corrected chi connectivity index (χ1v) is 8.54. The Balaban J connectivity index is 2.09. The Morgan fingerprint density at radius 1 is 0.731 bits per heavy atom. The van der Waals surface area contributed by atoms with Gasteiger partial charge in [0, 0.05) is 10.9 Å². The van der Waals surface area contributed by atoms with Gasteiger partial charge in [0.25, 0.3) is 0 Å². The zero-order valence-corrected chi connectivity index (χ0v) is 15.3. The summed E-state index contributed by atoms with van der Waals surface area (Å²) < 4.78 is 0. The summed E-state index contributed by atoms with van der Waals surface area (Å²) in [6.45, 7) is 0. The highest BCUT2D eigenvalue weighted by molar-refractivity contribution is 7.80. The highest BCUT2D eigenvalue weighted by Gasteiger charge is 2.49. The Labute approximate surface area is 163 Å². The molecule has 2 fully saturated rings. The second-order valence-electron chi connectivity index (χ2n) is 5.65. The number of rotatable bonds is 3. The molecular formula is C15H11ClN4O4S2. The molecule has 134 valence electrons. The summed E-state index contributed by atoms with van der Waals surface area (Å²) in [4.78, 5) is 49.8. The first-order valence-electron chi connectivity index (χ1n) is 7.35. The monoisotopic (exact) mass is 410 g/mol. The van der Waals surface area contributed by atoms with Gasteiger partial charge in [0.05, 0.1) is 0 Å². The first kappa shape index (κ1) is 18.4. The third kappa shape index (κ3) is 3.43. The van der Waals surface area contributed by atoms with Gasteiger partial charge in [-0.25, -0.2) is 0 Å². The van der Waals surface area contributed by atoms with Crippen molar-refractivity contribution in [3.05, 3.63) is 34.9 Å². The second-order valence-corrected chi connectivity index (χ2v) is 6.90. The van der Waals surface area contributed by atoms with Gasteiger partial charge in [0.1, 0.15) is 11.8 Å². The third-order valence-corrected chi connectivity index (χ3v) is 4.71. The third-order valence-electron chi connectivity index (χ3n) is 4.05. The van der Waals surface area contributed by atoms with Crippen molar-refractivity contribution in [1.82, 2.24) is 21.3 Å². The van der Waals surface area contributed by atoms with E-state index in [-0.39, 0.29) is 10.2 Å². The van der Waals surface area contributed by atoms with E-state index >= 15 is 0 Å². The number of thiocarbonyl (C=S) groups is 2. The Hall–Kier alpha value is -2.43. The van der Waals surface area contributed by atoms with Gasteiger partial charge in [-0.15, -0.1) is 0 Å². The standard InChI is InChI=1S/C15H11ClN4O4S2/c16-6-3-1-5(2-4-6)7(8-10(21)17-14(25)18-11(8)22)9-12(23)19-15(26)20-13(9)24/h1-4,7-9H,(H2,17,18,21,22,25)(H2,19,20,23,24,26). The second kappa shape index (κ2) is 7.06. The molecule has 0 aliphatic carbocycles. The van der Waals surface area contributed by atoms with Gasteiger partial charge in [-0.3, -0.25) is 19.2 Å². The molecule has 0 unspecified atom stereocenters. The molecule has 2 aliphatic heterocycles. The molecule has 0 bridgehead atoms. The maximum Gasteiger partial charge on any atom is 0.239 e. The molecule has 2 aliphatic rings. The van der Waals surface area contributed by atoms with Crippen molar-refractivity contribution < 1.29 is 19.2 Å². The van der Waals surface area contributed by atoms with Crippen LogP contribution in [0, 0.1) is 11.8 Å². The van der Waals surface area contributed by atoms with Gasteiger partial charge in [0.15, 0.2) is 10.2 Å². The molecule has 1 aromatic rings. The normalized spacial score (nSPS) is 19.2. The van der Waals surface area contributed by atoms with Crippen LogP contribution >= 0.6 is 36.0 Å². The van der Waals surface area contributed by atoms with Crippen molar-refractivity contribution >= 4 is 69.9 Å². The minimum atomic E-state index is -1.35. The lowest BCUT2D eigenvalue weighted by Gasteiger charge is -2.35. The van der Waals surface area contributed by atoms with E-state index in [4.69, 9.17) is 36.0 Å². The van der Waals surface area contributed by atoms with Gasteiger partial charge in [-0.1, -0.05) is 23.7 Å². The summed E-state index contributed by atoms with van der Waals surface area (Å²) in [6.07, 6.45) is 0. The molecule has 0 atom stereocenters. The van der Waals surface area contributed by atoms with Crippen LogP contribution in [0.2, 0.25) is 5.02 Å². The SMILES string of the molecule is O=C1NC(=S)NC(=O)C1C(c1ccc(Cl)cc1)C1C(=O)NC(=S)NC1=O. The van der Waals surface area contributed by atoms with Crippen molar-refractivity contribution in [2.45, 2.75) is 5.92 Å². The summed E-state index contributed by atoms with van der Waals surface area (Å²) in [5, 5.41) is 9.53. The highest BCUT2D eigenvalue weighted by atomic mass is 35.5. The molecule has 3 rings (SSSR count). The van der Waals surface area contributed by atoms with Crippen LogP contribution in [0.1, 0.15) is 11.5 Å². The molecule has 0 saturated carbocycles. The summed E-state index contributed by atoms with van der Waals surface area (Å²) in [7, 11) is 0. The van der Waals surface area contributed by atoms with Crippen LogP contribution in [0.25, 0.3) is 0 Å². The number of halogens is 1. The number of hydrogen-bond acceptors (Lipinski definition) is 6. The largest absolute Gasteiger partial charge is 0.302 e.